The second-order valence-electron chi connectivity index (χ2n) is 15.8. The van der Waals surface area contributed by atoms with E-state index < -0.39 is 12.1 Å². The minimum absolute atomic E-state index is 0.0767. The lowest BCUT2D eigenvalue weighted by atomic mass is 10.0. The number of rotatable bonds is 42. The predicted molar refractivity (Wildman–Crippen MR) is 262 cm³/mol. The zero-order chi connectivity index (χ0) is 42.8. The van der Waals surface area contributed by atoms with E-state index in [2.05, 4.69) is 129 Å². The Labute approximate surface area is 365 Å². The molecular formula is C55H91NO3. The van der Waals surface area contributed by atoms with E-state index in [9.17, 15) is 15.0 Å². The lowest BCUT2D eigenvalue weighted by Gasteiger charge is -2.20. The standard InChI is InChI=1S/C55H91NO3/c1-3-5-7-9-11-12-13-14-15-16-17-18-19-20-21-22-23-24-25-26-27-28-29-30-31-32-33-34-35-36-37-38-39-40-41-42-43-44-45-47-49-51-55(59)56-53(52-57)54(58)50-48-46-10-8-6-4-2/h5,7,11-12,14-15,17-18,20-21,23-24,26-27,29-30,32-33,48,50,53-54,57-58H,3-4,6,8-10,13,16,19,22,25,28,31,34-47,49,51-52H2,1-2H3,(H,56,59)/b7-5-,12-11-,15-14-,18-17-,21-20-,24-23-,27-26-,30-29-,33-32-,50-48+. The molecule has 2 unspecified atom stereocenters. The first-order valence-electron chi connectivity index (χ1n) is 24.2. The van der Waals surface area contributed by atoms with Gasteiger partial charge < -0.3 is 15.5 Å². The van der Waals surface area contributed by atoms with Gasteiger partial charge in [-0.25, -0.2) is 0 Å². The number of aliphatic hydroxyl groups excluding tert-OH is 2. The number of amides is 1. The van der Waals surface area contributed by atoms with Gasteiger partial charge in [0.05, 0.1) is 18.8 Å². The van der Waals surface area contributed by atoms with Crippen LogP contribution in [0.25, 0.3) is 0 Å². The Bertz CT molecular complexity index is 1200. The van der Waals surface area contributed by atoms with Crippen molar-refractivity contribution < 1.29 is 15.0 Å². The van der Waals surface area contributed by atoms with E-state index in [1.165, 1.54) is 96.3 Å². The molecule has 0 radical (unpaired) electrons. The molecule has 1 amide bonds. The van der Waals surface area contributed by atoms with E-state index in [0.29, 0.717) is 6.42 Å². The topological polar surface area (TPSA) is 69.6 Å². The largest absolute Gasteiger partial charge is 0.394 e. The van der Waals surface area contributed by atoms with Crippen molar-refractivity contribution >= 4 is 5.91 Å². The van der Waals surface area contributed by atoms with Crippen LogP contribution in [0.15, 0.2) is 122 Å². The number of allylic oxidation sites excluding steroid dienone is 19. The zero-order valence-corrected chi connectivity index (χ0v) is 38.2. The first kappa shape index (κ1) is 55.8. The van der Waals surface area contributed by atoms with E-state index in [-0.39, 0.29) is 12.5 Å². The van der Waals surface area contributed by atoms with Gasteiger partial charge in [-0.1, -0.05) is 225 Å². The highest BCUT2D eigenvalue weighted by atomic mass is 16.3. The molecule has 0 aliphatic carbocycles. The molecule has 0 saturated carbocycles. The molecule has 0 aliphatic heterocycles. The third kappa shape index (κ3) is 45.7. The van der Waals surface area contributed by atoms with Crippen LogP contribution in [-0.2, 0) is 4.79 Å². The Kier molecular flexibility index (Phi) is 46.5. The van der Waals surface area contributed by atoms with E-state index in [4.69, 9.17) is 0 Å². The Morgan fingerprint density at radius 3 is 1.12 bits per heavy atom. The van der Waals surface area contributed by atoms with Crippen molar-refractivity contribution in [1.29, 1.82) is 0 Å². The normalized spacial score (nSPS) is 14.0. The van der Waals surface area contributed by atoms with Crippen LogP contribution in [0.2, 0.25) is 0 Å². The maximum Gasteiger partial charge on any atom is 0.220 e. The van der Waals surface area contributed by atoms with Crippen LogP contribution in [0.1, 0.15) is 200 Å². The fourth-order valence-electron chi connectivity index (χ4n) is 6.52. The summed E-state index contributed by atoms with van der Waals surface area (Å²) < 4.78 is 0. The molecule has 3 N–H and O–H groups in total. The monoisotopic (exact) mass is 814 g/mol. The molecule has 0 heterocycles. The third-order valence-electron chi connectivity index (χ3n) is 10.2. The van der Waals surface area contributed by atoms with Crippen LogP contribution in [0.4, 0.5) is 0 Å². The molecular weight excluding hydrogens is 723 g/mol. The van der Waals surface area contributed by atoms with Gasteiger partial charge in [0.25, 0.3) is 0 Å². The van der Waals surface area contributed by atoms with E-state index in [1.807, 2.05) is 6.08 Å². The Morgan fingerprint density at radius 2 is 0.746 bits per heavy atom. The maximum absolute atomic E-state index is 12.3. The van der Waals surface area contributed by atoms with Crippen molar-refractivity contribution in [2.45, 2.75) is 212 Å². The van der Waals surface area contributed by atoms with E-state index >= 15 is 0 Å². The first-order chi connectivity index (χ1) is 29.2. The van der Waals surface area contributed by atoms with E-state index in [0.717, 1.165) is 83.5 Å². The smallest absolute Gasteiger partial charge is 0.220 e. The summed E-state index contributed by atoms with van der Waals surface area (Å²) in [6, 6.07) is -0.625. The van der Waals surface area contributed by atoms with Gasteiger partial charge >= 0.3 is 0 Å². The van der Waals surface area contributed by atoms with Gasteiger partial charge in [0.15, 0.2) is 0 Å². The number of nitrogens with one attached hydrogen (secondary N) is 1. The third-order valence-corrected chi connectivity index (χ3v) is 10.2. The molecule has 0 aromatic carbocycles. The summed E-state index contributed by atoms with van der Waals surface area (Å²) in [5, 5.41) is 22.7. The quantitative estimate of drug-likeness (QED) is 0.0425. The average Bonchev–Trinajstić information content (AvgIpc) is 3.24. The average molecular weight is 814 g/mol. The Hall–Kier alpha value is -3.21. The molecule has 334 valence electrons. The highest BCUT2D eigenvalue weighted by molar-refractivity contribution is 5.76. The minimum Gasteiger partial charge on any atom is -0.394 e. The van der Waals surface area contributed by atoms with Crippen LogP contribution >= 0.6 is 0 Å². The Morgan fingerprint density at radius 1 is 0.424 bits per heavy atom. The van der Waals surface area contributed by atoms with Gasteiger partial charge in [-0.15, -0.1) is 0 Å². The Balaban J connectivity index is 3.54. The molecule has 4 nitrogen and oxygen atoms in total. The summed E-state index contributed by atoms with van der Waals surface area (Å²) in [5.41, 5.74) is 0. The zero-order valence-electron chi connectivity index (χ0n) is 38.2. The second kappa shape index (κ2) is 49.2. The summed E-state index contributed by atoms with van der Waals surface area (Å²) in [7, 11) is 0. The van der Waals surface area contributed by atoms with Gasteiger partial charge in [-0.2, -0.15) is 0 Å². The number of hydrogen-bond acceptors (Lipinski definition) is 3. The van der Waals surface area contributed by atoms with Gasteiger partial charge in [0.1, 0.15) is 0 Å². The molecule has 0 saturated heterocycles. The lowest BCUT2D eigenvalue weighted by molar-refractivity contribution is -0.123. The molecule has 0 fully saturated rings. The maximum atomic E-state index is 12.3. The highest BCUT2D eigenvalue weighted by Gasteiger charge is 2.17. The van der Waals surface area contributed by atoms with Crippen LogP contribution in [0.3, 0.4) is 0 Å². The fourth-order valence-corrected chi connectivity index (χ4v) is 6.52. The molecule has 0 spiro atoms. The van der Waals surface area contributed by atoms with Crippen LogP contribution in [-0.4, -0.2) is 34.9 Å². The highest BCUT2D eigenvalue weighted by Crippen LogP contribution is 2.14. The summed E-state index contributed by atoms with van der Waals surface area (Å²) in [6.07, 6.45) is 76.4. The number of carbonyl (C=O) groups is 1. The van der Waals surface area contributed by atoms with Gasteiger partial charge in [-0.3, -0.25) is 4.79 Å². The van der Waals surface area contributed by atoms with Gasteiger partial charge in [0.2, 0.25) is 5.91 Å². The summed E-state index contributed by atoms with van der Waals surface area (Å²) in [5.74, 6) is -0.0767. The summed E-state index contributed by atoms with van der Waals surface area (Å²) >= 11 is 0. The van der Waals surface area contributed by atoms with Crippen LogP contribution in [0, 0.1) is 0 Å². The molecule has 0 rings (SSSR count). The van der Waals surface area contributed by atoms with Crippen molar-refractivity contribution in [1.82, 2.24) is 5.32 Å². The number of hydrogen-bond donors (Lipinski definition) is 3. The minimum atomic E-state index is -0.841. The summed E-state index contributed by atoms with van der Waals surface area (Å²) in [4.78, 5) is 12.3. The van der Waals surface area contributed by atoms with Crippen molar-refractivity contribution in [3.63, 3.8) is 0 Å². The molecule has 0 aromatic rings. The molecule has 0 aliphatic rings. The lowest BCUT2D eigenvalue weighted by Crippen LogP contribution is -2.45. The SMILES string of the molecule is CC/C=C\C/C=C\C/C=C\C/C=C\C/C=C\C/C=C\C/C=C\C/C=C\C/C=C\CCCCCCCCCCCCCCCC(=O)NC(CO)C(O)/C=C/CCCCCC. The summed E-state index contributed by atoms with van der Waals surface area (Å²) in [6.45, 7) is 4.10. The molecule has 0 bridgehead atoms. The van der Waals surface area contributed by atoms with Crippen LogP contribution in [0.5, 0.6) is 0 Å². The fraction of sp³-hybridized carbons (Fsp3) is 0.618. The van der Waals surface area contributed by atoms with Crippen molar-refractivity contribution in [2.24, 2.45) is 0 Å². The number of unbranched alkanes of at least 4 members (excludes halogenated alkanes) is 17. The molecule has 4 heteroatoms. The molecule has 59 heavy (non-hydrogen) atoms. The van der Waals surface area contributed by atoms with Crippen LogP contribution < -0.4 is 5.32 Å². The van der Waals surface area contributed by atoms with Crippen molar-refractivity contribution in [3.05, 3.63) is 122 Å². The van der Waals surface area contributed by atoms with E-state index in [1.54, 1.807) is 6.08 Å². The van der Waals surface area contributed by atoms with Gasteiger partial charge in [-0.05, 0) is 89.9 Å². The molecule has 2 atom stereocenters. The number of carbonyl (C=O) groups excluding carboxylic acids is 1. The van der Waals surface area contributed by atoms with Gasteiger partial charge in [0, 0.05) is 6.42 Å². The number of aliphatic hydroxyl groups is 2. The first-order valence-corrected chi connectivity index (χ1v) is 24.2. The van der Waals surface area contributed by atoms with Crippen molar-refractivity contribution in [3.8, 4) is 0 Å². The van der Waals surface area contributed by atoms with Crippen molar-refractivity contribution in [2.75, 3.05) is 6.61 Å². The second-order valence-corrected chi connectivity index (χ2v) is 15.8. The predicted octanol–water partition coefficient (Wildman–Crippen LogP) is 15.7. The molecule has 0 aromatic heterocycles.